The van der Waals surface area contributed by atoms with E-state index in [-0.39, 0.29) is 5.92 Å². The smallest absolute Gasteiger partial charge is 0.212 e. The average molecular weight is 324 g/mol. The highest BCUT2D eigenvalue weighted by Crippen LogP contribution is 2.42. The Balaban J connectivity index is 1.58. The Kier molecular flexibility index (Phi) is 3.92. The minimum Gasteiger partial charge on any atom is -0.462 e. The molecule has 4 rings (SSSR count). The standard InChI is InChI=1S/C20H20O2S/c21-20-10-11-23-14-18(20)13-17-12-16(8-9-19(17)22-20)7-6-15-4-2-1-3-5-15/h1-9,12,18,21H,10-11,13-14H2/b7-6+. The first kappa shape index (κ1) is 14.9. The van der Waals surface area contributed by atoms with Crippen molar-refractivity contribution in [2.75, 3.05) is 11.5 Å². The predicted molar refractivity (Wildman–Crippen MR) is 96.5 cm³/mol. The summed E-state index contributed by atoms with van der Waals surface area (Å²) in [6.07, 6.45) is 5.87. The summed E-state index contributed by atoms with van der Waals surface area (Å²) in [6.45, 7) is 0. The maximum absolute atomic E-state index is 10.7. The Hall–Kier alpha value is -1.71. The van der Waals surface area contributed by atoms with E-state index < -0.39 is 5.79 Å². The van der Waals surface area contributed by atoms with Crippen molar-refractivity contribution < 1.29 is 9.84 Å². The molecule has 0 amide bonds. The molecular weight excluding hydrogens is 304 g/mol. The van der Waals surface area contributed by atoms with Gasteiger partial charge in [-0.1, -0.05) is 48.6 Å². The Labute approximate surface area is 141 Å². The van der Waals surface area contributed by atoms with Crippen molar-refractivity contribution in [3.63, 3.8) is 0 Å². The van der Waals surface area contributed by atoms with Crippen LogP contribution >= 0.6 is 11.8 Å². The second kappa shape index (κ2) is 6.06. The van der Waals surface area contributed by atoms with Crippen LogP contribution < -0.4 is 4.74 Å². The number of thioether (sulfide) groups is 1. The first-order chi connectivity index (χ1) is 11.2. The van der Waals surface area contributed by atoms with Crippen LogP contribution in [0.1, 0.15) is 23.1 Å². The van der Waals surface area contributed by atoms with Crippen molar-refractivity contribution in [1.82, 2.24) is 0 Å². The van der Waals surface area contributed by atoms with Crippen LogP contribution in [-0.4, -0.2) is 22.4 Å². The minimum atomic E-state index is -0.959. The van der Waals surface area contributed by atoms with Gasteiger partial charge >= 0.3 is 0 Å². The van der Waals surface area contributed by atoms with Crippen LogP contribution in [0.5, 0.6) is 5.75 Å². The van der Waals surface area contributed by atoms with Crippen molar-refractivity contribution in [3.05, 3.63) is 65.2 Å². The minimum absolute atomic E-state index is 0.196. The zero-order valence-corrected chi connectivity index (χ0v) is 13.8. The molecule has 0 spiro atoms. The second-order valence-corrected chi connectivity index (χ2v) is 7.43. The molecule has 1 N–H and O–H groups in total. The van der Waals surface area contributed by atoms with Crippen molar-refractivity contribution in [2.45, 2.75) is 18.6 Å². The lowest BCUT2D eigenvalue weighted by atomic mass is 9.87. The maximum Gasteiger partial charge on any atom is 0.212 e. The molecule has 23 heavy (non-hydrogen) atoms. The molecule has 0 bridgehead atoms. The Bertz CT molecular complexity index is 726. The number of hydrogen-bond acceptors (Lipinski definition) is 3. The maximum atomic E-state index is 10.7. The third kappa shape index (κ3) is 3.04. The number of aliphatic hydroxyl groups is 1. The van der Waals surface area contributed by atoms with E-state index in [1.165, 1.54) is 16.7 Å². The third-order valence-corrected chi connectivity index (χ3v) is 5.80. The van der Waals surface area contributed by atoms with Gasteiger partial charge in [-0.25, -0.2) is 0 Å². The zero-order chi connectivity index (χ0) is 15.7. The fraction of sp³-hybridized carbons (Fsp3) is 0.300. The Morgan fingerprint density at radius 3 is 2.78 bits per heavy atom. The molecule has 2 atom stereocenters. The van der Waals surface area contributed by atoms with E-state index in [0.29, 0.717) is 0 Å². The molecule has 0 aliphatic carbocycles. The Morgan fingerprint density at radius 2 is 1.91 bits per heavy atom. The zero-order valence-electron chi connectivity index (χ0n) is 12.9. The molecule has 2 heterocycles. The number of fused-ring (bicyclic) bond motifs is 2. The fourth-order valence-corrected chi connectivity index (χ4v) is 4.57. The molecule has 2 aliphatic rings. The van der Waals surface area contributed by atoms with Crippen molar-refractivity contribution in [3.8, 4) is 5.75 Å². The van der Waals surface area contributed by atoms with E-state index in [4.69, 9.17) is 4.74 Å². The third-order valence-electron chi connectivity index (χ3n) is 4.67. The van der Waals surface area contributed by atoms with Gasteiger partial charge in [0, 0.05) is 18.1 Å². The number of rotatable bonds is 2. The SMILES string of the molecule is OC12CCSCC1Cc1cc(/C=C/c3ccccc3)ccc1O2. The number of benzene rings is 2. The molecule has 0 radical (unpaired) electrons. The molecule has 118 valence electrons. The number of hydrogen-bond donors (Lipinski definition) is 1. The van der Waals surface area contributed by atoms with E-state index in [2.05, 4.69) is 36.4 Å². The molecule has 2 nitrogen and oxygen atoms in total. The largest absolute Gasteiger partial charge is 0.462 e. The summed E-state index contributed by atoms with van der Waals surface area (Å²) >= 11 is 1.91. The summed E-state index contributed by atoms with van der Waals surface area (Å²) in [6, 6.07) is 16.5. The first-order valence-corrected chi connectivity index (χ1v) is 9.24. The molecule has 0 saturated carbocycles. The highest BCUT2D eigenvalue weighted by Gasteiger charge is 2.44. The van der Waals surface area contributed by atoms with Crippen LogP contribution in [0.3, 0.4) is 0 Å². The van der Waals surface area contributed by atoms with Crippen molar-refractivity contribution in [2.24, 2.45) is 5.92 Å². The average Bonchev–Trinajstić information content (AvgIpc) is 2.58. The van der Waals surface area contributed by atoms with E-state index in [1.54, 1.807) is 0 Å². The molecule has 1 saturated heterocycles. The van der Waals surface area contributed by atoms with Crippen LogP contribution in [0.15, 0.2) is 48.5 Å². The van der Waals surface area contributed by atoms with E-state index in [1.807, 2.05) is 36.0 Å². The summed E-state index contributed by atoms with van der Waals surface area (Å²) < 4.78 is 5.96. The second-order valence-electron chi connectivity index (χ2n) is 6.28. The van der Waals surface area contributed by atoms with Gasteiger partial charge < -0.3 is 9.84 Å². The van der Waals surface area contributed by atoms with Gasteiger partial charge in [-0.05, 0) is 41.0 Å². The summed E-state index contributed by atoms with van der Waals surface area (Å²) in [4.78, 5) is 0. The molecule has 2 aliphatic heterocycles. The lowest BCUT2D eigenvalue weighted by Crippen LogP contribution is -2.51. The normalized spacial score (nSPS) is 26.4. The monoisotopic (exact) mass is 324 g/mol. The van der Waals surface area contributed by atoms with Gasteiger partial charge in [0.15, 0.2) is 0 Å². The van der Waals surface area contributed by atoms with E-state index in [0.717, 1.165) is 30.1 Å². The van der Waals surface area contributed by atoms with E-state index >= 15 is 0 Å². The predicted octanol–water partition coefficient (Wildman–Crippen LogP) is 4.23. The van der Waals surface area contributed by atoms with Crippen LogP contribution in [0.2, 0.25) is 0 Å². The van der Waals surface area contributed by atoms with Crippen molar-refractivity contribution >= 4 is 23.9 Å². The van der Waals surface area contributed by atoms with Gasteiger partial charge in [0.25, 0.3) is 0 Å². The lowest BCUT2D eigenvalue weighted by molar-refractivity contribution is -0.184. The van der Waals surface area contributed by atoms with Gasteiger partial charge in [-0.3, -0.25) is 0 Å². The molecule has 0 aromatic heterocycles. The van der Waals surface area contributed by atoms with Gasteiger partial charge in [0.05, 0.1) is 0 Å². The van der Waals surface area contributed by atoms with Crippen LogP contribution in [0, 0.1) is 5.92 Å². The molecule has 1 fully saturated rings. The highest BCUT2D eigenvalue weighted by molar-refractivity contribution is 7.99. The van der Waals surface area contributed by atoms with Gasteiger partial charge in [-0.15, -0.1) is 0 Å². The summed E-state index contributed by atoms with van der Waals surface area (Å²) in [5.41, 5.74) is 3.57. The summed E-state index contributed by atoms with van der Waals surface area (Å²) in [5, 5.41) is 10.7. The lowest BCUT2D eigenvalue weighted by Gasteiger charge is -2.43. The van der Waals surface area contributed by atoms with E-state index in [9.17, 15) is 5.11 Å². The molecule has 3 heteroatoms. The molecular formula is C20H20O2S. The summed E-state index contributed by atoms with van der Waals surface area (Å²) in [7, 11) is 0. The van der Waals surface area contributed by atoms with Crippen LogP contribution in [-0.2, 0) is 6.42 Å². The Morgan fingerprint density at radius 1 is 1.09 bits per heavy atom. The van der Waals surface area contributed by atoms with Crippen LogP contribution in [0.4, 0.5) is 0 Å². The number of ether oxygens (including phenoxy) is 1. The topological polar surface area (TPSA) is 29.5 Å². The molecule has 2 aromatic carbocycles. The highest BCUT2D eigenvalue weighted by atomic mass is 32.2. The van der Waals surface area contributed by atoms with Gasteiger partial charge in [-0.2, -0.15) is 11.8 Å². The molecule has 2 aromatic rings. The van der Waals surface area contributed by atoms with Gasteiger partial charge in [0.1, 0.15) is 5.75 Å². The fourth-order valence-electron chi connectivity index (χ4n) is 3.31. The van der Waals surface area contributed by atoms with Crippen LogP contribution in [0.25, 0.3) is 12.2 Å². The van der Waals surface area contributed by atoms with Gasteiger partial charge in [0.2, 0.25) is 5.79 Å². The first-order valence-electron chi connectivity index (χ1n) is 8.08. The summed E-state index contributed by atoms with van der Waals surface area (Å²) in [5.74, 6) is 2.02. The van der Waals surface area contributed by atoms with Crippen molar-refractivity contribution in [1.29, 1.82) is 0 Å². The quantitative estimate of drug-likeness (QED) is 0.838. The molecule has 2 unspecified atom stereocenters.